The average Bonchev–Trinajstić information content (AvgIpc) is 3.43. The molecule has 1 N–H and O–H groups in total. The van der Waals surface area contributed by atoms with Crippen molar-refractivity contribution in [2.45, 2.75) is 25.7 Å². The van der Waals surface area contributed by atoms with Crippen LogP contribution in [-0.2, 0) is 6.42 Å². The van der Waals surface area contributed by atoms with Gasteiger partial charge in [-0.3, -0.25) is 15.0 Å². The molecule has 8 nitrogen and oxygen atoms in total. The first kappa shape index (κ1) is 24.2. The molecular formula is C22H24F3N5O3S. The van der Waals surface area contributed by atoms with Gasteiger partial charge in [-0.05, 0) is 37.7 Å². The number of hydrogen-bond acceptors (Lipinski definition) is 8. The van der Waals surface area contributed by atoms with Gasteiger partial charge in [0.15, 0.2) is 5.76 Å². The van der Waals surface area contributed by atoms with Crippen molar-refractivity contribution in [1.82, 2.24) is 19.2 Å². The molecule has 1 saturated heterocycles. The average molecular weight is 496 g/mol. The topological polar surface area (TPSA) is 83.7 Å². The van der Waals surface area contributed by atoms with Crippen molar-refractivity contribution in [3.8, 4) is 16.9 Å². The first-order valence-electron chi connectivity index (χ1n) is 10.7. The van der Waals surface area contributed by atoms with Gasteiger partial charge in [0.05, 0.1) is 6.26 Å². The summed E-state index contributed by atoms with van der Waals surface area (Å²) >= 11 is 1.09. The Morgan fingerprint density at radius 1 is 1.24 bits per heavy atom. The number of furan rings is 1. The largest absolute Gasteiger partial charge is 0.573 e. The maximum atomic E-state index is 12.6. The van der Waals surface area contributed by atoms with Gasteiger partial charge in [0.2, 0.25) is 5.13 Å². The van der Waals surface area contributed by atoms with E-state index in [0.717, 1.165) is 37.7 Å². The molecule has 0 bridgehead atoms. The van der Waals surface area contributed by atoms with Gasteiger partial charge in [0, 0.05) is 55.7 Å². The number of halogens is 3. The molecule has 1 aromatic carbocycles. The van der Waals surface area contributed by atoms with Crippen molar-refractivity contribution >= 4 is 22.6 Å². The molecule has 0 saturated carbocycles. The summed E-state index contributed by atoms with van der Waals surface area (Å²) in [6.45, 7) is 6.19. The van der Waals surface area contributed by atoms with Crippen molar-refractivity contribution in [3.05, 3.63) is 48.2 Å². The van der Waals surface area contributed by atoms with Gasteiger partial charge in [-0.15, -0.1) is 13.2 Å². The Balaban J connectivity index is 1.35. The number of nitrogens with one attached hydrogen (secondary N) is 1. The maximum Gasteiger partial charge on any atom is 0.573 e. The molecule has 4 rings (SSSR count). The zero-order valence-electron chi connectivity index (χ0n) is 18.6. The van der Waals surface area contributed by atoms with Crippen LogP contribution in [0.15, 0.2) is 41.0 Å². The van der Waals surface area contributed by atoms with Crippen LogP contribution in [0.25, 0.3) is 11.1 Å². The van der Waals surface area contributed by atoms with Crippen molar-refractivity contribution in [3.63, 3.8) is 0 Å². The summed E-state index contributed by atoms with van der Waals surface area (Å²) in [7, 11) is 2.11. The molecule has 0 spiro atoms. The lowest BCUT2D eigenvalue weighted by molar-refractivity contribution is -0.274. The van der Waals surface area contributed by atoms with Crippen LogP contribution >= 0.6 is 11.5 Å². The Kier molecular flexibility index (Phi) is 7.19. The first-order chi connectivity index (χ1) is 16.2. The molecule has 182 valence electrons. The predicted octanol–water partition coefficient (Wildman–Crippen LogP) is 4.13. The van der Waals surface area contributed by atoms with Crippen LogP contribution < -0.4 is 10.1 Å². The van der Waals surface area contributed by atoms with Crippen LogP contribution in [0.2, 0.25) is 0 Å². The van der Waals surface area contributed by atoms with Crippen molar-refractivity contribution in [2.24, 2.45) is 0 Å². The van der Waals surface area contributed by atoms with Gasteiger partial charge in [0.1, 0.15) is 11.6 Å². The van der Waals surface area contributed by atoms with E-state index < -0.39 is 12.3 Å². The molecule has 34 heavy (non-hydrogen) atoms. The fourth-order valence-electron chi connectivity index (χ4n) is 3.68. The minimum Gasteiger partial charge on any atom is -0.459 e. The summed E-state index contributed by atoms with van der Waals surface area (Å²) in [5.41, 5.74) is 0.859. The van der Waals surface area contributed by atoms with Gasteiger partial charge >= 0.3 is 6.36 Å². The van der Waals surface area contributed by atoms with Crippen molar-refractivity contribution < 1.29 is 27.1 Å². The standard InChI is InChI=1S/C22H24F3N5O3S/c1-14(30-8-6-29(2)7-9-30)10-19-26-21(34-28-19)27-20(31)18-12-16(13-32-18)15-4-3-5-17(11-15)33-22(23,24)25/h3-5,11-14H,6-10H2,1-2H3,(H,26,27,28,31). The minimum atomic E-state index is -4.79. The molecule has 2 aromatic heterocycles. The number of alkyl halides is 3. The van der Waals surface area contributed by atoms with Gasteiger partial charge in [-0.1, -0.05) is 12.1 Å². The minimum absolute atomic E-state index is 0.000280. The zero-order valence-corrected chi connectivity index (χ0v) is 19.4. The van der Waals surface area contributed by atoms with Crippen molar-refractivity contribution in [2.75, 3.05) is 38.5 Å². The lowest BCUT2D eigenvalue weighted by Crippen LogP contribution is -2.48. The smallest absolute Gasteiger partial charge is 0.459 e. The highest BCUT2D eigenvalue weighted by Gasteiger charge is 2.31. The van der Waals surface area contributed by atoms with Gasteiger partial charge in [0.25, 0.3) is 5.91 Å². The number of carbonyl (C=O) groups excluding carboxylic acids is 1. The fraction of sp³-hybridized carbons (Fsp3) is 0.409. The summed E-state index contributed by atoms with van der Waals surface area (Å²) in [6, 6.07) is 7.17. The molecule has 1 aliphatic heterocycles. The second-order valence-electron chi connectivity index (χ2n) is 8.14. The summed E-state index contributed by atoms with van der Waals surface area (Å²) < 4.78 is 51.0. The highest BCUT2D eigenvalue weighted by atomic mass is 32.1. The van der Waals surface area contributed by atoms with Crippen LogP contribution in [0.1, 0.15) is 23.3 Å². The summed E-state index contributed by atoms with van der Waals surface area (Å²) in [4.78, 5) is 21.7. The van der Waals surface area contributed by atoms with E-state index in [9.17, 15) is 18.0 Å². The first-order valence-corrected chi connectivity index (χ1v) is 11.4. The third-order valence-corrected chi connectivity index (χ3v) is 6.22. The van der Waals surface area contributed by atoms with E-state index in [1.165, 1.54) is 30.5 Å². The highest BCUT2D eigenvalue weighted by molar-refractivity contribution is 7.09. The number of ether oxygens (including phenoxy) is 1. The Hall–Kier alpha value is -2.96. The van der Waals surface area contributed by atoms with Gasteiger partial charge < -0.3 is 14.1 Å². The highest BCUT2D eigenvalue weighted by Crippen LogP contribution is 2.29. The quantitative estimate of drug-likeness (QED) is 0.528. The number of aromatic nitrogens is 2. The van der Waals surface area contributed by atoms with E-state index in [4.69, 9.17) is 4.42 Å². The number of hydrogen-bond donors (Lipinski definition) is 1. The Labute approximate surface area is 198 Å². The predicted molar refractivity (Wildman–Crippen MR) is 121 cm³/mol. The number of benzene rings is 1. The van der Waals surface area contributed by atoms with E-state index in [0.29, 0.717) is 28.5 Å². The summed E-state index contributed by atoms with van der Waals surface area (Å²) in [5, 5.41) is 3.01. The van der Waals surface area contributed by atoms with Crippen LogP contribution in [0, 0.1) is 0 Å². The third kappa shape index (κ3) is 6.33. The van der Waals surface area contributed by atoms with E-state index in [1.807, 2.05) is 0 Å². The normalized spacial score (nSPS) is 16.4. The number of likely N-dealkylation sites (N-methyl/N-ethyl adjacent to an activating group) is 1. The fourth-order valence-corrected chi connectivity index (χ4v) is 4.27. The Morgan fingerprint density at radius 3 is 2.74 bits per heavy atom. The SMILES string of the molecule is CC(Cc1nsc(NC(=O)c2cc(-c3cccc(OC(F)(F)F)c3)co2)n1)N1CCN(C)CC1. The second kappa shape index (κ2) is 10.1. The van der Waals surface area contributed by atoms with E-state index in [1.54, 1.807) is 6.07 Å². The summed E-state index contributed by atoms with van der Waals surface area (Å²) in [5.74, 6) is -0.221. The number of nitrogens with zero attached hydrogens (tertiary/aromatic N) is 4. The molecule has 0 radical (unpaired) electrons. The molecule has 3 aromatic rings. The number of carbonyl (C=O) groups is 1. The Morgan fingerprint density at radius 2 is 2.00 bits per heavy atom. The number of amides is 1. The third-order valence-electron chi connectivity index (χ3n) is 5.55. The van der Waals surface area contributed by atoms with Gasteiger partial charge in [-0.2, -0.15) is 4.37 Å². The van der Waals surface area contributed by atoms with Crippen LogP contribution in [0.4, 0.5) is 18.3 Å². The van der Waals surface area contributed by atoms with E-state index in [2.05, 4.69) is 43.2 Å². The van der Waals surface area contributed by atoms with Crippen LogP contribution in [-0.4, -0.2) is 70.7 Å². The molecule has 1 unspecified atom stereocenters. The lowest BCUT2D eigenvalue weighted by atomic mass is 10.1. The van der Waals surface area contributed by atoms with Gasteiger partial charge in [-0.25, -0.2) is 4.98 Å². The van der Waals surface area contributed by atoms with Crippen LogP contribution in [0.3, 0.4) is 0 Å². The van der Waals surface area contributed by atoms with E-state index >= 15 is 0 Å². The molecule has 1 atom stereocenters. The van der Waals surface area contributed by atoms with Crippen LogP contribution in [0.5, 0.6) is 5.75 Å². The molecule has 1 amide bonds. The second-order valence-corrected chi connectivity index (χ2v) is 8.89. The molecular weight excluding hydrogens is 471 g/mol. The zero-order chi connectivity index (χ0) is 24.3. The molecule has 3 heterocycles. The molecule has 0 aliphatic carbocycles. The molecule has 12 heteroatoms. The van der Waals surface area contributed by atoms with Crippen molar-refractivity contribution in [1.29, 1.82) is 0 Å². The van der Waals surface area contributed by atoms with E-state index in [-0.39, 0.29) is 17.6 Å². The molecule has 1 fully saturated rings. The Bertz CT molecular complexity index is 1120. The molecule has 1 aliphatic rings. The number of piperazine rings is 1. The summed E-state index contributed by atoms with van der Waals surface area (Å²) in [6.07, 6.45) is -2.81. The monoisotopic (exact) mass is 495 g/mol. The number of anilines is 1. The number of rotatable bonds is 7. The maximum absolute atomic E-state index is 12.6. The lowest BCUT2D eigenvalue weighted by Gasteiger charge is -2.36.